The average molecular weight is 503 g/mol. The number of rotatable bonds is 9. The zero-order valence-corrected chi connectivity index (χ0v) is 21.4. The minimum absolute atomic E-state index is 0.0313. The first-order valence-electron chi connectivity index (χ1n) is 12.7. The minimum atomic E-state index is -0.915. The molecule has 0 aliphatic carbocycles. The number of β-amino-alcohol motifs (C(OH)–C–C–N with tert-alkyl or cyclic N) is 1. The second-order valence-corrected chi connectivity index (χ2v) is 10.4. The number of hydrogen-bond acceptors (Lipinski definition) is 8. The smallest absolute Gasteiger partial charge is 0.249 e. The van der Waals surface area contributed by atoms with Gasteiger partial charge in [-0.1, -0.05) is 13.8 Å². The quantitative estimate of drug-likeness (QED) is 0.491. The van der Waals surface area contributed by atoms with Crippen LogP contribution in [0.5, 0.6) is 0 Å². The second kappa shape index (κ2) is 11.2. The van der Waals surface area contributed by atoms with Crippen molar-refractivity contribution in [3.05, 3.63) is 29.3 Å². The number of ether oxygens (including phenoxy) is 2. The topological polar surface area (TPSA) is 126 Å². The number of Topliss-reactive ketones (excluding diaryl/α,β-unsaturated/α-hetero) is 1. The van der Waals surface area contributed by atoms with Gasteiger partial charge in [-0.25, -0.2) is 0 Å². The summed E-state index contributed by atoms with van der Waals surface area (Å²) in [6.07, 6.45) is -1.13. The number of methoxy groups -OCH3 is 1. The summed E-state index contributed by atoms with van der Waals surface area (Å²) in [4.78, 5) is 44.9. The molecule has 1 aromatic carbocycles. The van der Waals surface area contributed by atoms with Crippen LogP contribution in [0.15, 0.2) is 18.2 Å². The molecule has 1 aromatic rings. The molecule has 0 spiro atoms. The Kier molecular flexibility index (Phi) is 8.29. The van der Waals surface area contributed by atoms with E-state index in [4.69, 9.17) is 15.2 Å². The van der Waals surface area contributed by atoms with Crippen molar-refractivity contribution in [3.8, 4) is 0 Å². The number of primary amides is 1. The number of carbonyl (C=O) groups excluding carboxylic acids is 3. The average Bonchev–Trinajstić information content (AvgIpc) is 3.40. The third-order valence-corrected chi connectivity index (χ3v) is 7.47. The maximum absolute atomic E-state index is 13.9. The first-order chi connectivity index (χ1) is 17.2. The highest BCUT2D eigenvalue weighted by molar-refractivity contribution is 5.99. The van der Waals surface area contributed by atoms with Gasteiger partial charge in [0.1, 0.15) is 24.9 Å². The number of ketones is 1. The number of aliphatic hydroxyl groups is 1. The van der Waals surface area contributed by atoms with Gasteiger partial charge in [-0.15, -0.1) is 0 Å². The SMILES string of the molecule is COCCN1CCN(c2ccc(C(N)=O)c([C@H](CC(C)C)C(=O)N3C[C@H](O)[C@H]4OCC(=O)[C@H]43)c2)CC1. The number of hydrogen-bond donors (Lipinski definition) is 2. The van der Waals surface area contributed by atoms with E-state index in [0.717, 1.165) is 38.4 Å². The molecule has 3 heterocycles. The Morgan fingerprint density at radius 1 is 1.22 bits per heavy atom. The normalized spacial score (nSPS) is 25.5. The number of fused-ring (bicyclic) bond motifs is 1. The molecule has 4 rings (SSSR count). The van der Waals surface area contributed by atoms with Crippen molar-refractivity contribution in [3.63, 3.8) is 0 Å². The number of aliphatic hydroxyl groups excluding tert-OH is 1. The fraction of sp³-hybridized carbons (Fsp3) is 0.654. The molecule has 36 heavy (non-hydrogen) atoms. The van der Waals surface area contributed by atoms with Crippen LogP contribution in [-0.4, -0.2) is 110 Å². The first kappa shape index (κ1) is 26.5. The summed E-state index contributed by atoms with van der Waals surface area (Å²) in [5.74, 6) is -1.61. The van der Waals surface area contributed by atoms with E-state index in [-0.39, 0.29) is 30.8 Å². The van der Waals surface area contributed by atoms with Crippen LogP contribution in [-0.2, 0) is 19.1 Å². The number of amides is 2. The number of nitrogens with two attached hydrogens (primary N) is 1. The van der Waals surface area contributed by atoms with Crippen LogP contribution >= 0.6 is 0 Å². The minimum Gasteiger partial charge on any atom is -0.388 e. The molecule has 0 saturated carbocycles. The fourth-order valence-corrected chi connectivity index (χ4v) is 5.60. The van der Waals surface area contributed by atoms with Crippen LogP contribution in [0.4, 0.5) is 5.69 Å². The molecular weight excluding hydrogens is 464 g/mol. The standard InChI is InChI=1S/C26H38N4O6/c1-16(2)12-20(26(34)30-14-21(31)24-23(30)22(32)15-36-24)19-13-17(4-5-18(19)25(27)33)29-8-6-28(7-9-29)10-11-35-3/h4-5,13,16,20-21,23-24,31H,6-12,14-15H2,1-3H3,(H2,27,33)/t20-,21-,23+,24+/m0/s1. The lowest BCUT2D eigenvalue weighted by Gasteiger charge is -2.36. The van der Waals surface area contributed by atoms with Crippen LogP contribution in [0.2, 0.25) is 0 Å². The number of piperazine rings is 1. The number of nitrogens with zero attached hydrogens (tertiary/aromatic N) is 3. The van der Waals surface area contributed by atoms with E-state index in [2.05, 4.69) is 9.80 Å². The zero-order valence-electron chi connectivity index (χ0n) is 21.4. The molecule has 10 heteroatoms. The molecule has 3 fully saturated rings. The molecule has 3 N–H and O–H groups in total. The second-order valence-electron chi connectivity index (χ2n) is 10.4. The maximum atomic E-state index is 13.9. The highest BCUT2D eigenvalue weighted by atomic mass is 16.5. The Hall–Kier alpha value is -2.53. The number of anilines is 1. The van der Waals surface area contributed by atoms with Crippen LogP contribution in [0.1, 0.15) is 42.1 Å². The summed E-state index contributed by atoms with van der Waals surface area (Å²) < 4.78 is 10.6. The monoisotopic (exact) mass is 502 g/mol. The summed E-state index contributed by atoms with van der Waals surface area (Å²) in [5, 5.41) is 10.4. The molecule has 4 atom stereocenters. The van der Waals surface area contributed by atoms with Gasteiger partial charge in [-0.3, -0.25) is 19.3 Å². The van der Waals surface area contributed by atoms with Crippen molar-refractivity contribution in [1.29, 1.82) is 0 Å². The summed E-state index contributed by atoms with van der Waals surface area (Å²) in [6, 6.07) is 4.71. The van der Waals surface area contributed by atoms with E-state index >= 15 is 0 Å². The van der Waals surface area contributed by atoms with Crippen molar-refractivity contribution < 1.29 is 29.0 Å². The summed E-state index contributed by atoms with van der Waals surface area (Å²) in [6.45, 7) is 8.93. The van der Waals surface area contributed by atoms with Gasteiger partial charge in [0, 0.05) is 51.1 Å². The Balaban J connectivity index is 1.63. The van der Waals surface area contributed by atoms with Crippen molar-refractivity contribution >= 4 is 23.3 Å². The van der Waals surface area contributed by atoms with Crippen LogP contribution < -0.4 is 10.6 Å². The van der Waals surface area contributed by atoms with Crippen molar-refractivity contribution in [2.24, 2.45) is 11.7 Å². The Bertz CT molecular complexity index is 977. The Morgan fingerprint density at radius 2 is 1.94 bits per heavy atom. The van der Waals surface area contributed by atoms with Gasteiger partial charge in [-0.2, -0.15) is 0 Å². The number of carbonyl (C=O) groups is 3. The molecule has 0 bridgehead atoms. The summed E-state index contributed by atoms with van der Waals surface area (Å²) in [5.41, 5.74) is 7.56. The summed E-state index contributed by atoms with van der Waals surface area (Å²) in [7, 11) is 1.70. The van der Waals surface area contributed by atoms with Crippen molar-refractivity contribution in [2.75, 3.05) is 64.5 Å². The van der Waals surface area contributed by atoms with Gasteiger partial charge in [0.2, 0.25) is 11.8 Å². The van der Waals surface area contributed by atoms with E-state index < -0.39 is 30.1 Å². The Labute approximate surface area is 212 Å². The van der Waals surface area contributed by atoms with E-state index in [1.165, 1.54) is 4.90 Å². The molecule has 3 aliphatic heterocycles. The number of likely N-dealkylation sites (tertiary alicyclic amines) is 1. The fourth-order valence-electron chi connectivity index (χ4n) is 5.60. The zero-order chi connectivity index (χ0) is 26.0. The molecular formula is C26H38N4O6. The van der Waals surface area contributed by atoms with E-state index in [0.29, 0.717) is 24.2 Å². The van der Waals surface area contributed by atoms with Crippen molar-refractivity contribution in [1.82, 2.24) is 9.80 Å². The highest BCUT2D eigenvalue weighted by Gasteiger charge is 2.52. The van der Waals surface area contributed by atoms with E-state index in [9.17, 15) is 19.5 Å². The lowest BCUT2D eigenvalue weighted by molar-refractivity contribution is -0.138. The van der Waals surface area contributed by atoms with Gasteiger partial charge < -0.3 is 30.1 Å². The van der Waals surface area contributed by atoms with Gasteiger partial charge in [0.15, 0.2) is 5.78 Å². The third kappa shape index (κ3) is 5.41. The van der Waals surface area contributed by atoms with Crippen LogP contribution in [0, 0.1) is 5.92 Å². The predicted molar refractivity (Wildman–Crippen MR) is 134 cm³/mol. The largest absolute Gasteiger partial charge is 0.388 e. The molecule has 198 valence electrons. The highest BCUT2D eigenvalue weighted by Crippen LogP contribution is 2.36. The maximum Gasteiger partial charge on any atom is 0.249 e. The van der Waals surface area contributed by atoms with Gasteiger partial charge >= 0.3 is 0 Å². The number of benzene rings is 1. The summed E-state index contributed by atoms with van der Waals surface area (Å²) >= 11 is 0. The van der Waals surface area contributed by atoms with Crippen LogP contribution in [0.3, 0.4) is 0 Å². The van der Waals surface area contributed by atoms with Gasteiger partial charge in [0.25, 0.3) is 0 Å². The lowest BCUT2D eigenvalue weighted by atomic mass is 9.85. The molecule has 2 amide bonds. The molecule has 0 unspecified atom stereocenters. The lowest BCUT2D eigenvalue weighted by Crippen LogP contribution is -2.47. The molecule has 3 aliphatic rings. The first-order valence-corrected chi connectivity index (χ1v) is 12.7. The molecule has 10 nitrogen and oxygen atoms in total. The Morgan fingerprint density at radius 3 is 2.58 bits per heavy atom. The van der Waals surface area contributed by atoms with E-state index in [1.54, 1.807) is 13.2 Å². The molecule has 0 aromatic heterocycles. The third-order valence-electron chi connectivity index (χ3n) is 7.47. The van der Waals surface area contributed by atoms with E-state index in [1.807, 2.05) is 26.0 Å². The predicted octanol–water partition coefficient (Wildman–Crippen LogP) is 0.223. The van der Waals surface area contributed by atoms with Gasteiger partial charge in [-0.05, 0) is 36.1 Å². The van der Waals surface area contributed by atoms with Crippen LogP contribution in [0.25, 0.3) is 0 Å². The van der Waals surface area contributed by atoms with Crippen molar-refractivity contribution in [2.45, 2.75) is 44.4 Å². The molecule has 0 radical (unpaired) electrons. The molecule has 3 saturated heterocycles. The van der Waals surface area contributed by atoms with Gasteiger partial charge in [0.05, 0.1) is 19.1 Å².